The summed E-state index contributed by atoms with van der Waals surface area (Å²) in [5, 5.41) is 14.5. The first-order valence-electron chi connectivity index (χ1n) is 7.74. The first-order valence-corrected chi connectivity index (χ1v) is 7.74. The molecule has 0 heterocycles. The van der Waals surface area contributed by atoms with Crippen molar-refractivity contribution in [2.24, 2.45) is 0 Å². The monoisotopic (exact) mass is 356 g/mol. The van der Waals surface area contributed by atoms with Crippen LogP contribution in [0.25, 0.3) is 6.08 Å². The van der Waals surface area contributed by atoms with Gasteiger partial charge in [0.05, 0.1) is 14.2 Å². The number of aromatic hydroxyl groups is 1. The minimum absolute atomic E-state index is 0.0674. The number of carbonyl (C=O) groups is 2. The Labute approximate surface area is 151 Å². The van der Waals surface area contributed by atoms with E-state index < -0.39 is 5.91 Å². The van der Waals surface area contributed by atoms with Gasteiger partial charge < -0.3 is 25.2 Å². The lowest BCUT2D eigenvalue weighted by Gasteiger charge is -2.11. The molecule has 0 aliphatic heterocycles. The lowest BCUT2D eigenvalue weighted by molar-refractivity contribution is -0.120. The topological polar surface area (TPSA) is 96.9 Å². The number of hydrogen-bond donors (Lipinski definition) is 3. The molecule has 2 amide bonds. The quantitative estimate of drug-likeness (QED) is 0.546. The van der Waals surface area contributed by atoms with E-state index in [1.54, 1.807) is 30.3 Å². The number of phenolic OH excluding ortho intramolecular Hbond substituents is 1. The van der Waals surface area contributed by atoms with Crippen molar-refractivity contribution in [1.29, 1.82) is 0 Å². The number of benzene rings is 2. The number of hydrogen-bond acceptors (Lipinski definition) is 5. The minimum Gasteiger partial charge on any atom is -0.508 e. The molecule has 0 saturated heterocycles. The Morgan fingerprint density at radius 3 is 2.23 bits per heavy atom. The number of methoxy groups -OCH3 is 2. The summed E-state index contributed by atoms with van der Waals surface area (Å²) in [4.78, 5) is 24.0. The highest BCUT2D eigenvalue weighted by Gasteiger charge is 2.13. The Hall–Kier alpha value is -3.48. The molecule has 2 aromatic carbocycles. The van der Waals surface area contributed by atoms with Crippen LogP contribution in [0.2, 0.25) is 0 Å². The average molecular weight is 356 g/mol. The number of carbonyl (C=O) groups excluding carboxylic acids is 2. The third-order valence-corrected chi connectivity index (χ3v) is 3.40. The molecule has 0 fully saturated rings. The second kappa shape index (κ2) is 8.57. The van der Waals surface area contributed by atoms with Crippen molar-refractivity contribution in [2.75, 3.05) is 19.5 Å². The molecule has 0 atom stereocenters. The molecule has 2 aromatic rings. The van der Waals surface area contributed by atoms with Gasteiger partial charge in [0.25, 0.3) is 5.91 Å². The minimum atomic E-state index is -0.499. The highest BCUT2D eigenvalue weighted by Crippen LogP contribution is 2.28. The summed E-state index contributed by atoms with van der Waals surface area (Å²) in [7, 11) is 3.04. The second-order valence-corrected chi connectivity index (χ2v) is 5.35. The van der Waals surface area contributed by atoms with Gasteiger partial charge in [0.2, 0.25) is 5.91 Å². The summed E-state index contributed by atoms with van der Waals surface area (Å²) in [5.74, 6) is 0.269. The lowest BCUT2D eigenvalue weighted by Crippen LogP contribution is -2.28. The Morgan fingerprint density at radius 2 is 1.65 bits per heavy atom. The summed E-state index contributed by atoms with van der Waals surface area (Å²) in [5.41, 5.74) is 1.20. The maximum atomic E-state index is 12.5. The van der Waals surface area contributed by atoms with Gasteiger partial charge >= 0.3 is 0 Å². The first-order chi connectivity index (χ1) is 12.4. The van der Waals surface area contributed by atoms with E-state index in [-0.39, 0.29) is 17.4 Å². The van der Waals surface area contributed by atoms with E-state index in [2.05, 4.69) is 10.6 Å². The highest BCUT2D eigenvalue weighted by molar-refractivity contribution is 6.08. The van der Waals surface area contributed by atoms with Crippen LogP contribution in [-0.4, -0.2) is 31.1 Å². The zero-order valence-corrected chi connectivity index (χ0v) is 14.7. The third-order valence-electron chi connectivity index (χ3n) is 3.40. The van der Waals surface area contributed by atoms with Crippen LogP contribution in [0.1, 0.15) is 12.5 Å². The molecule has 0 aliphatic rings. The molecule has 136 valence electrons. The number of phenols is 1. The van der Waals surface area contributed by atoms with E-state index in [9.17, 15) is 14.7 Å². The van der Waals surface area contributed by atoms with Crippen molar-refractivity contribution in [3.05, 3.63) is 53.7 Å². The Kier molecular flexibility index (Phi) is 6.21. The predicted octanol–water partition coefficient (Wildman–Crippen LogP) is 2.53. The van der Waals surface area contributed by atoms with Crippen molar-refractivity contribution in [3.8, 4) is 17.2 Å². The fourth-order valence-electron chi connectivity index (χ4n) is 2.20. The Balaban J connectivity index is 2.30. The van der Waals surface area contributed by atoms with Gasteiger partial charge in [-0.2, -0.15) is 0 Å². The molecular weight excluding hydrogens is 336 g/mol. The van der Waals surface area contributed by atoms with E-state index in [0.717, 1.165) is 0 Å². The van der Waals surface area contributed by atoms with Crippen LogP contribution in [-0.2, 0) is 9.59 Å². The van der Waals surface area contributed by atoms with Gasteiger partial charge in [-0.3, -0.25) is 9.59 Å². The number of anilines is 1. The van der Waals surface area contributed by atoms with E-state index in [4.69, 9.17) is 9.47 Å². The number of nitrogens with one attached hydrogen (secondary N) is 2. The molecular formula is C19H20N2O5. The van der Waals surface area contributed by atoms with Crippen molar-refractivity contribution < 1.29 is 24.2 Å². The smallest absolute Gasteiger partial charge is 0.272 e. The van der Waals surface area contributed by atoms with Gasteiger partial charge in [-0.15, -0.1) is 0 Å². The van der Waals surface area contributed by atoms with Crippen LogP contribution in [0.3, 0.4) is 0 Å². The van der Waals surface area contributed by atoms with Crippen LogP contribution >= 0.6 is 0 Å². The molecule has 0 bridgehead atoms. The van der Waals surface area contributed by atoms with Gasteiger partial charge in [0, 0.05) is 12.6 Å². The highest BCUT2D eigenvalue weighted by atomic mass is 16.5. The maximum absolute atomic E-state index is 12.5. The van der Waals surface area contributed by atoms with Gasteiger partial charge in [0.15, 0.2) is 11.5 Å². The third kappa shape index (κ3) is 5.01. The summed E-state index contributed by atoms with van der Waals surface area (Å²) >= 11 is 0. The fraction of sp³-hybridized carbons (Fsp3) is 0.158. The molecule has 0 unspecified atom stereocenters. The Morgan fingerprint density at radius 1 is 1.00 bits per heavy atom. The summed E-state index contributed by atoms with van der Waals surface area (Å²) in [6.45, 7) is 1.32. The average Bonchev–Trinajstić information content (AvgIpc) is 2.62. The standard InChI is InChI=1S/C19H20N2O5/c1-12(22)20-16(19(24)21-14-5-7-15(23)8-6-14)10-13-4-9-17(25-2)18(11-13)26-3/h4-11,23H,1-3H3,(H,20,22)(H,21,24)/b16-10-. The van der Waals surface area contributed by atoms with Crippen LogP contribution < -0.4 is 20.1 Å². The van der Waals surface area contributed by atoms with Gasteiger partial charge in [0.1, 0.15) is 11.4 Å². The zero-order valence-electron chi connectivity index (χ0n) is 14.7. The number of rotatable bonds is 6. The molecule has 0 aromatic heterocycles. The predicted molar refractivity (Wildman–Crippen MR) is 98.1 cm³/mol. The zero-order chi connectivity index (χ0) is 19.1. The maximum Gasteiger partial charge on any atom is 0.272 e. The van der Waals surface area contributed by atoms with Crippen molar-refractivity contribution in [1.82, 2.24) is 5.32 Å². The molecule has 7 heteroatoms. The summed E-state index contributed by atoms with van der Waals surface area (Å²) < 4.78 is 10.4. The first kappa shape index (κ1) is 18.9. The van der Waals surface area contributed by atoms with E-state index >= 15 is 0 Å². The lowest BCUT2D eigenvalue weighted by atomic mass is 10.1. The van der Waals surface area contributed by atoms with Crippen LogP contribution in [0.4, 0.5) is 5.69 Å². The van der Waals surface area contributed by atoms with Crippen molar-refractivity contribution >= 4 is 23.6 Å². The largest absolute Gasteiger partial charge is 0.508 e. The SMILES string of the molecule is COc1ccc(/C=C(\NC(C)=O)C(=O)Nc2ccc(O)cc2)cc1OC. The molecule has 2 rings (SSSR count). The van der Waals surface area contributed by atoms with E-state index in [0.29, 0.717) is 22.7 Å². The van der Waals surface area contributed by atoms with Crippen LogP contribution in [0, 0.1) is 0 Å². The molecule has 0 radical (unpaired) electrons. The van der Waals surface area contributed by atoms with Crippen LogP contribution in [0.5, 0.6) is 17.2 Å². The van der Waals surface area contributed by atoms with E-state index in [1.807, 2.05) is 0 Å². The fourth-order valence-corrected chi connectivity index (χ4v) is 2.20. The number of ether oxygens (including phenoxy) is 2. The van der Waals surface area contributed by atoms with Crippen LogP contribution in [0.15, 0.2) is 48.2 Å². The Bertz CT molecular complexity index is 828. The molecule has 26 heavy (non-hydrogen) atoms. The van der Waals surface area contributed by atoms with Gasteiger partial charge in [-0.1, -0.05) is 6.07 Å². The molecule has 0 spiro atoms. The molecule has 7 nitrogen and oxygen atoms in total. The van der Waals surface area contributed by atoms with Crippen molar-refractivity contribution in [2.45, 2.75) is 6.92 Å². The van der Waals surface area contributed by atoms with Crippen molar-refractivity contribution in [3.63, 3.8) is 0 Å². The normalized spacial score (nSPS) is 10.8. The summed E-state index contributed by atoms with van der Waals surface area (Å²) in [6.07, 6.45) is 1.53. The molecule has 0 saturated carbocycles. The van der Waals surface area contributed by atoms with E-state index in [1.165, 1.54) is 39.4 Å². The van der Waals surface area contributed by atoms with Gasteiger partial charge in [-0.05, 0) is 48.0 Å². The number of amides is 2. The summed E-state index contributed by atoms with van der Waals surface area (Å²) in [6, 6.07) is 11.1. The second-order valence-electron chi connectivity index (χ2n) is 5.35. The molecule has 3 N–H and O–H groups in total. The molecule has 0 aliphatic carbocycles. The van der Waals surface area contributed by atoms with Gasteiger partial charge in [-0.25, -0.2) is 0 Å².